The molecule has 0 bridgehead atoms. The quantitative estimate of drug-likeness (QED) is 0.708. The second kappa shape index (κ2) is 7.03. The first-order valence-corrected chi connectivity index (χ1v) is 9.32. The van der Waals surface area contributed by atoms with Crippen molar-refractivity contribution < 1.29 is 4.74 Å². The standard InChI is InChI=1S/C18H18N4OS2/c1-23-14-4-2-12(3-5-14)17-19-9-15(25-17)11-22-7-6-16-13(10-22)8-20-18(24)21-16/h2-5,8-9H,6-7,10-11H2,1H3,(H,20,21,24). The molecular weight excluding hydrogens is 352 g/mol. The fraction of sp³-hybridized carbons (Fsp3) is 0.278. The summed E-state index contributed by atoms with van der Waals surface area (Å²) >= 11 is 6.85. The lowest BCUT2D eigenvalue weighted by molar-refractivity contribution is 0.244. The van der Waals surface area contributed by atoms with Crippen molar-refractivity contribution in [3.63, 3.8) is 0 Å². The summed E-state index contributed by atoms with van der Waals surface area (Å²) in [6.07, 6.45) is 4.86. The van der Waals surface area contributed by atoms with Gasteiger partial charge in [0.15, 0.2) is 4.77 Å². The summed E-state index contributed by atoms with van der Waals surface area (Å²) in [5.74, 6) is 0.861. The number of rotatable bonds is 4. The third-order valence-electron chi connectivity index (χ3n) is 4.33. The topological polar surface area (TPSA) is 54.0 Å². The van der Waals surface area contributed by atoms with Gasteiger partial charge in [0.2, 0.25) is 0 Å². The summed E-state index contributed by atoms with van der Waals surface area (Å²) in [5, 5.41) is 1.04. The Bertz CT molecular complexity index is 933. The highest BCUT2D eigenvalue weighted by atomic mass is 32.1. The zero-order valence-corrected chi connectivity index (χ0v) is 15.5. The molecule has 1 aliphatic heterocycles. The first kappa shape index (κ1) is 16.4. The molecule has 1 aliphatic rings. The molecule has 0 aliphatic carbocycles. The van der Waals surface area contributed by atoms with Crippen LogP contribution in [-0.4, -0.2) is 33.5 Å². The number of methoxy groups -OCH3 is 1. The molecule has 5 nitrogen and oxygen atoms in total. The van der Waals surface area contributed by atoms with E-state index in [1.807, 2.05) is 36.7 Å². The molecule has 3 aromatic rings. The minimum absolute atomic E-state index is 0.568. The summed E-state index contributed by atoms with van der Waals surface area (Å²) < 4.78 is 5.78. The van der Waals surface area contributed by atoms with Gasteiger partial charge in [-0.25, -0.2) is 9.97 Å². The molecule has 1 aromatic carbocycles. The summed E-state index contributed by atoms with van der Waals surface area (Å²) in [7, 11) is 1.68. The summed E-state index contributed by atoms with van der Waals surface area (Å²) in [6, 6.07) is 8.03. The highest BCUT2D eigenvalue weighted by Crippen LogP contribution is 2.28. The lowest BCUT2D eigenvalue weighted by Crippen LogP contribution is -2.30. The van der Waals surface area contributed by atoms with Gasteiger partial charge in [-0.2, -0.15) is 0 Å². The molecule has 0 saturated carbocycles. The van der Waals surface area contributed by atoms with Gasteiger partial charge in [0.25, 0.3) is 0 Å². The summed E-state index contributed by atoms with van der Waals surface area (Å²) in [5.41, 5.74) is 3.58. The number of H-pyrrole nitrogens is 1. The van der Waals surface area contributed by atoms with Crippen LogP contribution in [0.3, 0.4) is 0 Å². The van der Waals surface area contributed by atoms with Crippen LogP contribution >= 0.6 is 23.6 Å². The predicted octanol–water partition coefficient (Wildman–Crippen LogP) is 3.83. The second-order valence-corrected chi connectivity index (χ2v) is 7.51. The fourth-order valence-corrected chi connectivity index (χ4v) is 4.14. The smallest absolute Gasteiger partial charge is 0.196 e. The fourth-order valence-electron chi connectivity index (χ4n) is 3.01. The third-order valence-corrected chi connectivity index (χ3v) is 5.56. The molecule has 0 spiro atoms. The molecule has 0 fully saturated rings. The van der Waals surface area contributed by atoms with E-state index in [1.54, 1.807) is 18.4 Å². The molecule has 0 unspecified atom stereocenters. The van der Waals surface area contributed by atoms with Gasteiger partial charge in [-0.05, 0) is 36.5 Å². The van der Waals surface area contributed by atoms with Crippen molar-refractivity contribution in [2.24, 2.45) is 0 Å². The third kappa shape index (κ3) is 3.63. The van der Waals surface area contributed by atoms with Crippen LogP contribution in [0.1, 0.15) is 16.1 Å². The number of benzene rings is 1. The van der Waals surface area contributed by atoms with Gasteiger partial charge in [-0.1, -0.05) is 0 Å². The summed E-state index contributed by atoms with van der Waals surface area (Å²) in [4.78, 5) is 15.7. The monoisotopic (exact) mass is 370 g/mol. The molecule has 3 heterocycles. The van der Waals surface area contributed by atoms with Crippen molar-refractivity contribution in [1.82, 2.24) is 19.9 Å². The van der Waals surface area contributed by atoms with Gasteiger partial charge in [0, 0.05) is 60.1 Å². The number of nitrogens with one attached hydrogen (secondary N) is 1. The average Bonchev–Trinajstić information content (AvgIpc) is 3.10. The van der Waals surface area contributed by atoms with Crippen molar-refractivity contribution in [2.45, 2.75) is 19.5 Å². The van der Waals surface area contributed by atoms with Crippen LogP contribution < -0.4 is 4.74 Å². The molecule has 128 valence electrons. The molecule has 0 radical (unpaired) electrons. The highest BCUT2D eigenvalue weighted by Gasteiger charge is 2.18. The molecule has 0 amide bonds. The van der Waals surface area contributed by atoms with Gasteiger partial charge in [-0.15, -0.1) is 11.3 Å². The Morgan fingerprint density at radius 2 is 2.08 bits per heavy atom. The number of aromatic amines is 1. The number of aromatic nitrogens is 3. The van der Waals surface area contributed by atoms with E-state index in [9.17, 15) is 0 Å². The molecule has 2 aromatic heterocycles. The zero-order valence-electron chi connectivity index (χ0n) is 13.9. The Kier molecular flexibility index (Phi) is 4.61. The number of hydrogen-bond acceptors (Lipinski definition) is 6. The van der Waals surface area contributed by atoms with E-state index in [0.29, 0.717) is 4.77 Å². The van der Waals surface area contributed by atoms with Crippen molar-refractivity contribution in [1.29, 1.82) is 0 Å². The van der Waals surface area contributed by atoms with E-state index in [0.717, 1.165) is 42.4 Å². The van der Waals surface area contributed by atoms with Gasteiger partial charge in [0.1, 0.15) is 10.8 Å². The lowest BCUT2D eigenvalue weighted by atomic mass is 10.1. The Morgan fingerprint density at radius 3 is 2.88 bits per heavy atom. The molecule has 7 heteroatoms. The van der Waals surface area contributed by atoms with Crippen LogP contribution in [0.4, 0.5) is 0 Å². The SMILES string of the molecule is COc1ccc(-c2ncc(CN3CCc4[nH]c(=S)ncc4C3)s2)cc1. The number of ether oxygens (including phenoxy) is 1. The first-order valence-electron chi connectivity index (χ1n) is 8.10. The zero-order chi connectivity index (χ0) is 17.2. The lowest BCUT2D eigenvalue weighted by Gasteiger charge is -2.27. The van der Waals surface area contributed by atoms with Crippen molar-refractivity contribution in [3.8, 4) is 16.3 Å². The largest absolute Gasteiger partial charge is 0.497 e. The number of nitrogens with zero attached hydrogens (tertiary/aromatic N) is 3. The van der Waals surface area contributed by atoms with Crippen LogP contribution in [0, 0.1) is 4.77 Å². The maximum Gasteiger partial charge on any atom is 0.196 e. The molecule has 25 heavy (non-hydrogen) atoms. The predicted molar refractivity (Wildman–Crippen MR) is 101 cm³/mol. The Labute approximate surface area is 155 Å². The average molecular weight is 371 g/mol. The van der Waals surface area contributed by atoms with Gasteiger partial charge < -0.3 is 9.72 Å². The van der Waals surface area contributed by atoms with E-state index < -0.39 is 0 Å². The molecule has 0 saturated heterocycles. The van der Waals surface area contributed by atoms with Gasteiger partial charge in [-0.3, -0.25) is 4.90 Å². The molecular formula is C18H18N4OS2. The van der Waals surface area contributed by atoms with Crippen LogP contribution in [0.25, 0.3) is 10.6 Å². The van der Waals surface area contributed by atoms with Crippen molar-refractivity contribution in [2.75, 3.05) is 13.7 Å². The van der Waals surface area contributed by atoms with Gasteiger partial charge in [0.05, 0.1) is 7.11 Å². The maximum absolute atomic E-state index is 5.21. The number of hydrogen-bond donors (Lipinski definition) is 1. The highest BCUT2D eigenvalue weighted by molar-refractivity contribution is 7.71. The Balaban J connectivity index is 1.46. The van der Waals surface area contributed by atoms with Crippen molar-refractivity contribution >= 4 is 23.6 Å². The first-order chi connectivity index (χ1) is 12.2. The Morgan fingerprint density at radius 1 is 1.24 bits per heavy atom. The summed E-state index contributed by atoms with van der Waals surface area (Å²) in [6.45, 7) is 2.81. The van der Waals surface area contributed by atoms with Gasteiger partial charge >= 0.3 is 0 Å². The van der Waals surface area contributed by atoms with Crippen LogP contribution in [0.15, 0.2) is 36.7 Å². The van der Waals surface area contributed by atoms with E-state index in [4.69, 9.17) is 17.0 Å². The molecule has 1 N–H and O–H groups in total. The van der Waals surface area contributed by atoms with E-state index >= 15 is 0 Å². The van der Waals surface area contributed by atoms with Crippen LogP contribution in [0.2, 0.25) is 0 Å². The number of thiazole rings is 1. The van der Waals surface area contributed by atoms with Crippen LogP contribution in [0.5, 0.6) is 5.75 Å². The van der Waals surface area contributed by atoms with E-state index in [1.165, 1.54) is 16.1 Å². The minimum Gasteiger partial charge on any atom is -0.497 e. The maximum atomic E-state index is 5.21. The van der Waals surface area contributed by atoms with Crippen molar-refractivity contribution in [3.05, 3.63) is 57.6 Å². The number of fused-ring (bicyclic) bond motifs is 1. The van der Waals surface area contributed by atoms with E-state index in [-0.39, 0.29) is 0 Å². The molecule has 0 atom stereocenters. The molecule has 4 rings (SSSR count). The second-order valence-electron chi connectivity index (χ2n) is 6.01. The normalized spacial score (nSPS) is 14.3. The Hall–Kier alpha value is -2.09. The van der Waals surface area contributed by atoms with Crippen LogP contribution in [-0.2, 0) is 19.5 Å². The van der Waals surface area contributed by atoms with E-state index in [2.05, 4.69) is 19.9 Å². The minimum atomic E-state index is 0.568.